The molecule has 0 saturated heterocycles. The molecule has 1 heterocycles. The van der Waals surface area contributed by atoms with Gasteiger partial charge in [0, 0.05) is 4.91 Å². The van der Waals surface area contributed by atoms with E-state index in [-0.39, 0.29) is 0 Å². The highest BCUT2D eigenvalue weighted by molar-refractivity contribution is 8.40. The van der Waals surface area contributed by atoms with E-state index >= 15 is 0 Å². The van der Waals surface area contributed by atoms with Crippen molar-refractivity contribution in [3.63, 3.8) is 0 Å². The Hall–Kier alpha value is 0.110. The van der Waals surface area contributed by atoms with Crippen LogP contribution in [0.4, 0.5) is 0 Å². The van der Waals surface area contributed by atoms with Gasteiger partial charge in [0.15, 0.2) is 0 Å². The van der Waals surface area contributed by atoms with Gasteiger partial charge in [0.05, 0.1) is 6.54 Å². The summed E-state index contributed by atoms with van der Waals surface area (Å²) in [5.41, 5.74) is 0. The van der Waals surface area contributed by atoms with E-state index in [1.54, 1.807) is 23.5 Å². The van der Waals surface area contributed by atoms with Crippen molar-refractivity contribution in [2.45, 2.75) is 0 Å². The van der Waals surface area contributed by atoms with Crippen LogP contribution >= 0.6 is 23.5 Å². The first kappa shape index (κ1) is 6.23. The highest BCUT2D eigenvalue weighted by atomic mass is 32.2. The van der Waals surface area contributed by atoms with Crippen LogP contribution in [-0.2, 0) is 0 Å². The molecule has 0 aliphatic carbocycles. The van der Waals surface area contributed by atoms with Gasteiger partial charge in [-0.25, -0.2) is 0 Å². The zero-order chi connectivity index (χ0) is 5.98. The molecule has 8 heavy (non-hydrogen) atoms. The summed E-state index contributed by atoms with van der Waals surface area (Å²) in [6.45, 7) is 4.61. The smallest absolute Gasteiger partial charge is 0.129 e. The quantitative estimate of drug-likeness (QED) is 0.516. The molecule has 0 aromatic rings. The number of rotatable bonds is 0. The minimum atomic E-state index is 0.820. The maximum atomic E-state index is 4.18. The van der Waals surface area contributed by atoms with Crippen molar-refractivity contribution in [2.24, 2.45) is 4.99 Å². The van der Waals surface area contributed by atoms with Crippen LogP contribution in [0, 0.1) is 0 Å². The van der Waals surface area contributed by atoms with Crippen molar-refractivity contribution in [1.29, 1.82) is 0 Å². The highest BCUT2D eigenvalue weighted by Crippen LogP contribution is 2.27. The van der Waals surface area contributed by atoms with Gasteiger partial charge in [-0.3, -0.25) is 4.99 Å². The van der Waals surface area contributed by atoms with E-state index in [1.165, 1.54) is 0 Å². The summed E-state index contributed by atoms with van der Waals surface area (Å²) >= 11 is 3.37. The van der Waals surface area contributed by atoms with Crippen molar-refractivity contribution in [2.75, 3.05) is 12.8 Å². The van der Waals surface area contributed by atoms with Gasteiger partial charge >= 0.3 is 0 Å². The largest absolute Gasteiger partial charge is 0.266 e. The maximum absolute atomic E-state index is 4.18. The molecule has 0 aromatic heterocycles. The minimum Gasteiger partial charge on any atom is -0.266 e. The summed E-state index contributed by atoms with van der Waals surface area (Å²) in [5.74, 6) is 0. The molecule has 0 amide bonds. The lowest BCUT2D eigenvalue weighted by Gasteiger charge is -1.87. The molecule has 1 aliphatic heterocycles. The second-order valence-electron chi connectivity index (χ2n) is 1.43. The Balaban J connectivity index is 2.49. The van der Waals surface area contributed by atoms with Gasteiger partial charge in [-0.05, 0) is 6.26 Å². The van der Waals surface area contributed by atoms with Crippen molar-refractivity contribution in [1.82, 2.24) is 0 Å². The van der Waals surface area contributed by atoms with Crippen LogP contribution in [0.5, 0.6) is 0 Å². The van der Waals surface area contributed by atoms with E-state index in [0.717, 1.165) is 15.8 Å². The summed E-state index contributed by atoms with van der Waals surface area (Å²) in [6.07, 6.45) is 2.03. The number of aliphatic imine (C=N–C) groups is 1. The Bertz CT molecular complexity index is 139. The zero-order valence-corrected chi connectivity index (χ0v) is 6.31. The van der Waals surface area contributed by atoms with Gasteiger partial charge in [0.1, 0.15) is 4.38 Å². The Morgan fingerprint density at radius 2 is 2.62 bits per heavy atom. The molecule has 0 saturated carbocycles. The first-order valence-corrected chi connectivity index (χ1v) is 4.31. The van der Waals surface area contributed by atoms with Crippen molar-refractivity contribution >= 4 is 27.9 Å². The molecule has 1 rings (SSSR count). The summed E-state index contributed by atoms with van der Waals surface area (Å²) < 4.78 is 1.15. The molecule has 0 spiro atoms. The predicted octanol–water partition coefficient (Wildman–Crippen LogP) is 1.97. The fourth-order valence-corrected chi connectivity index (χ4v) is 1.83. The summed E-state index contributed by atoms with van der Waals surface area (Å²) in [4.78, 5) is 5.34. The molecule has 0 bridgehead atoms. The van der Waals surface area contributed by atoms with Crippen LogP contribution in [0.25, 0.3) is 0 Å². The molecule has 0 aromatic carbocycles. The molecule has 0 N–H and O–H groups in total. The third-order valence-electron chi connectivity index (χ3n) is 0.791. The molecular formula is C5H7NS2. The van der Waals surface area contributed by atoms with Crippen LogP contribution in [0.2, 0.25) is 0 Å². The molecule has 44 valence electrons. The van der Waals surface area contributed by atoms with E-state index in [9.17, 15) is 0 Å². The molecular weight excluding hydrogens is 138 g/mol. The van der Waals surface area contributed by atoms with Crippen molar-refractivity contribution in [3.8, 4) is 0 Å². The fraction of sp³-hybridized carbons (Fsp3) is 0.400. The average molecular weight is 145 g/mol. The Morgan fingerprint density at radius 1 is 1.88 bits per heavy atom. The molecule has 0 unspecified atom stereocenters. The average Bonchev–Trinajstić information content (AvgIpc) is 2.14. The van der Waals surface area contributed by atoms with Gasteiger partial charge < -0.3 is 0 Å². The lowest BCUT2D eigenvalue weighted by Crippen LogP contribution is -1.71. The topological polar surface area (TPSA) is 12.4 Å². The number of nitrogens with zero attached hydrogens (tertiary/aromatic N) is 1. The first-order valence-electron chi connectivity index (χ1n) is 2.27. The second-order valence-corrected chi connectivity index (χ2v) is 3.65. The van der Waals surface area contributed by atoms with E-state index in [4.69, 9.17) is 0 Å². The number of hydrogen-bond acceptors (Lipinski definition) is 3. The molecule has 0 fully saturated rings. The molecule has 3 heteroatoms. The van der Waals surface area contributed by atoms with E-state index in [2.05, 4.69) is 11.6 Å². The number of thioether (sulfide) groups is 2. The number of hydrogen-bond donors (Lipinski definition) is 0. The third-order valence-corrected chi connectivity index (χ3v) is 2.74. The van der Waals surface area contributed by atoms with Crippen molar-refractivity contribution in [3.05, 3.63) is 11.5 Å². The summed E-state index contributed by atoms with van der Waals surface area (Å²) in [6, 6.07) is 0. The van der Waals surface area contributed by atoms with E-state index < -0.39 is 0 Å². The molecule has 0 radical (unpaired) electrons. The van der Waals surface area contributed by atoms with Crippen LogP contribution in [0.1, 0.15) is 0 Å². The maximum Gasteiger partial charge on any atom is 0.129 e. The van der Waals surface area contributed by atoms with Gasteiger partial charge in [-0.2, -0.15) is 0 Å². The molecule has 0 atom stereocenters. The third kappa shape index (κ3) is 1.29. The standard InChI is InChI=1S/C5H7NS2/c1-4-3-6-5(7-2)8-4/h1,3H2,2H3. The monoisotopic (exact) mass is 145 g/mol. The Labute approximate surface area is 57.6 Å². The highest BCUT2D eigenvalue weighted by Gasteiger charge is 2.07. The SMILES string of the molecule is C=C1CN=C(SC)S1. The predicted molar refractivity (Wildman–Crippen MR) is 42.5 cm³/mol. The lowest BCUT2D eigenvalue weighted by molar-refractivity contribution is 1.27. The lowest BCUT2D eigenvalue weighted by atomic mass is 10.6. The second kappa shape index (κ2) is 2.60. The fourth-order valence-electron chi connectivity index (χ4n) is 0.447. The van der Waals surface area contributed by atoms with Gasteiger partial charge in [0.2, 0.25) is 0 Å². The van der Waals surface area contributed by atoms with E-state index in [1.807, 2.05) is 6.26 Å². The van der Waals surface area contributed by atoms with Crippen LogP contribution < -0.4 is 0 Å². The molecule has 1 aliphatic rings. The van der Waals surface area contributed by atoms with Gasteiger partial charge in [-0.15, -0.1) is 11.8 Å². The van der Waals surface area contributed by atoms with Crippen molar-refractivity contribution < 1.29 is 0 Å². The zero-order valence-electron chi connectivity index (χ0n) is 4.68. The van der Waals surface area contributed by atoms with Crippen LogP contribution in [-0.4, -0.2) is 17.2 Å². The van der Waals surface area contributed by atoms with E-state index in [0.29, 0.717) is 0 Å². The summed E-state index contributed by atoms with van der Waals surface area (Å²) in [5, 5.41) is 0. The first-order chi connectivity index (χ1) is 3.83. The normalized spacial score (nSPS) is 19.1. The Morgan fingerprint density at radius 3 is 2.88 bits per heavy atom. The van der Waals surface area contributed by atoms with Crippen LogP contribution in [0.15, 0.2) is 16.5 Å². The van der Waals surface area contributed by atoms with Gasteiger partial charge in [-0.1, -0.05) is 18.3 Å². The minimum absolute atomic E-state index is 0.820. The molecule has 1 nitrogen and oxygen atoms in total. The summed E-state index contributed by atoms with van der Waals surface area (Å²) in [7, 11) is 0. The van der Waals surface area contributed by atoms with Crippen LogP contribution in [0.3, 0.4) is 0 Å². The Kier molecular flexibility index (Phi) is 2.02. The van der Waals surface area contributed by atoms with Gasteiger partial charge in [0.25, 0.3) is 0 Å².